The zero-order valence-corrected chi connectivity index (χ0v) is 12.8. The van der Waals surface area contributed by atoms with Crippen LogP contribution in [0, 0.1) is 0 Å². The van der Waals surface area contributed by atoms with Crippen LogP contribution in [0.15, 0.2) is 29.6 Å². The smallest absolute Gasteiger partial charge is 0.275 e. The summed E-state index contributed by atoms with van der Waals surface area (Å²) in [6.45, 7) is 2.37. The molecule has 0 radical (unpaired) electrons. The second-order valence-electron chi connectivity index (χ2n) is 4.38. The lowest BCUT2D eigenvalue weighted by Gasteiger charge is -2.12. The van der Waals surface area contributed by atoms with E-state index < -0.39 is 0 Å². The van der Waals surface area contributed by atoms with Gasteiger partial charge in [0.05, 0.1) is 12.0 Å². The molecular formula is C15H18N2O3S. The average Bonchev–Trinajstić information content (AvgIpc) is 3.00. The van der Waals surface area contributed by atoms with Crippen molar-refractivity contribution in [1.82, 2.24) is 5.43 Å². The Kier molecular flexibility index (Phi) is 5.19. The highest BCUT2D eigenvalue weighted by Crippen LogP contribution is 2.29. The van der Waals surface area contributed by atoms with Crippen molar-refractivity contribution < 1.29 is 14.3 Å². The molecule has 0 aliphatic carbocycles. The van der Waals surface area contributed by atoms with Crippen LogP contribution in [-0.2, 0) is 13.0 Å². The maximum atomic E-state index is 11.6. The Morgan fingerprint density at radius 1 is 1.33 bits per heavy atom. The number of carbonyl (C=O) groups is 1. The molecule has 1 amide bonds. The number of hydrogen-bond acceptors (Lipinski definition) is 5. The fraction of sp³-hybridized carbons (Fsp3) is 0.267. The Morgan fingerprint density at radius 2 is 2.14 bits per heavy atom. The summed E-state index contributed by atoms with van der Waals surface area (Å²) in [6, 6.07) is 7.68. The topological polar surface area (TPSA) is 73.6 Å². The van der Waals surface area contributed by atoms with Gasteiger partial charge in [-0.1, -0.05) is 13.0 Å². The summed E-state index contributed by atoms with van der Waals surface area (Å²) >= 11 is 1.33. The molecule has 3 N–H and O–H groups in total. The number of rotatable bonds is 6. The number of aryl methyl sites for hydroxylation is 1. The molecule has 0 bridgehead atoms. The van der Waals surface area contributed by atoms with Gasteiger partial charge in [-0.25, -0.2) is 5.84 Å². The van der Waals surface area contributed by atoms with Crippen LogP contribution in [-0.4, -0.2) is 13.0 Å². The molecule has 2 rings (SSSR count). The van der Waals surface area contributed by atoms with Crippen molar-refractivity contribution in [3.05, 3.63) is 45.6 Å². The first-order valence-electron chi connectivity index (χ1n) is 6.56. The molecular weight excluding hydrogens is 288 g/mol. The van der Waals surface area contributed by atoms with Gasteiger partial charge >= 0.3 is 0 Å². The van der Waals surface area contributed by atoms with E-state index in [1.807, 2.05) is 29.6 Å². The molecule has 1 aromatic carbocycles. The predicted octanol–water partition coefficient (Wildman–Crippen LogP) is 2.50. The van der Waals surface area contributed by atoms with Gasteiger partial charge in [-0.05, 0) is 35.6 Å². The zero-order valence-electron chi connectivity index (χ0n) is 12.0. The molecule has 0 aliphatic rings. The predicted molar refractivity (Wildman–Crippen MR) is 82.7 cm³/mol. The number of nitrogen functional groups attached to an aromatic ring is 1. The number of ether oxygens (including phenoxy) is 2. The normalized spacial score (nSPS) is 10.2. The first-order chi connectivity index (χ1) is 10.2. The van der Waals surface area contributed by atoms with E-state index >= 15 is 0 Å². The first-order valence-corrected chi connectivity index (χ1v) is 7.44. The molecule has 0 unspecified atom stereocenters. The van der Waals surface area contributed by atoms with E-state index in [9.17, 15) is 4.79 Å². The minimum Gasteiger partial charge on any atom is -0.493 e. The molecule has 21 heavy (non-hydrogen) atoms. The van der Waals surface area contributed by atoms with Crippen LogP contribution in [0.3, 0.4) is 0 Å². The maximum absolute atomic E-state index is 11.6. The first kappa shape index (κ1) is 15.3. The summed E-state index contributed by atoms with van der Waals surface area (Å²) in [5, 5.41) is 1.83. The number of hydrazine groups is 1. The minimum absolute atomic E-state index is 0.286. The lowest BCUT2D eigenvalue weighted by molar-refractivity contribution is 0.0955. The third-order valence-electron chi connectivity index (χ3n) is 3.10. The Balaban J connectivity index is 2.13. The highest BCUT2D eigenvalue weighted by atomic mass is 32.1. The van der Waals surface area contributed by atoms with Crippen LogP contribution < -0.4 is 20.7 Å². The molecule has 0 fully saturated rings. The standard InChI is InChI=1S/C15H18N2O3S/c1-3-10-4-5-12(13(8-10)19-2)20-9-11-6-7-21-14(11)15(18)17-16/h4-8H,3,9,16H2,1-2H3,(H,17,18). The average molecular weight is 306 g/mol. The van der Waals surface area contributed by atoms with Gasteiger partial charge in [-0.15, -0.1) is 11.3 Å². The minimum atomic E-state index is -0.308. The summed E-state index contributed by atoms with van der Waals surface area (Å²) in [6.07, 6.45) is 0.933. The molecule has 1 aromatic heterocycles. The summed E-state index contributed by atoms with van der Waals surface area (Å²) in [7, 11) is 1.61. The lowest BCUT2D eigenvalue weighted by Crippen LogP contribution is -2.30. The van der Waals surface area contributed by atoms with E-state index in [-0.39, 0.29) is 12.5 Å². The molecule has 0 aliphatic heterocycles. The molecule has 112 valence electrons. The third-order valence-corrected chi connectivity index (χ3v) is 4.06. The van der Waals surface area contributed by atoms with Crippen molar-refractivity contribution in [3.63, 3.8) is 0 Å². The fourth-order valence-corrected chi connectivity index (χ4v) is 2.73. The number of nitrogens with two attached hydrogens (primary N) is 1. The van der Waals surface area contributed by atoms with Crippen molar-refractivity contribution in [2.75, 3.05) is 7.11 Å². The van der Waals surface area contributed by atoms with Crippen molar-refractivity contribution in [3.8, 4) is 11.5 Å². The summed E-state index contributed by atoms with van der Waals surface area (Å²) < 4.78 is 11.1. The van der Waals surface area contributed by atoms with Gasteiger partial charge in [0.2, 0.25) is 0 Å². The van der Waals surface area contributed by atoms with Gasteiger partial charge in [0.1, 0.15) is 6.61 Å². The SMILES string of the molecule is CCc1ccc(OCc2ccsc2C(=O)NN)c(OC)c1. The second kappa shape index (κ2) is 7.10. The number of benzene rings is 1. The van der Waals surface area contributed by atoms with Gasteiger partial charge in [-0.2, -0.15) is 0 Å². The number of thiophene rings is 1. The van der Waals surface area contributed by atoms with Crippen molar-refractivity contribution in [1.29, 1.82) is 0 Å². The van der Waals surface area contributed by atoms with Gasteiger partial charge in [0, 0.05) is 5.56 Å². The Hall–Kier alpha value is -2.05. The maximum Gasteiger partial charge on any atom is 0.275 e. The summed E-state index contributed by atoms with van der Waals surface area (Å²) in [4.78, 5) is 12.2. The van der Waals surface area contributed by atoms with E-state index in [4.69, 9.17) is 15.3 Å². The Bertz CT molecular complexity index is 625. The van der Waals surface area contributed by atoms with Crippen LogP contribution in [0.25, 0.3) is 0 Å². The second-order valence-corrected chi connectivity index (χ2v) is 5.29. The van der Waals surface area contributed by atoms with E-state index in [2.05, 4.69) is 12.3 Å². The summed E-state index contributed by atoms with van der Waals surface area (Å²) in [5.74, 6) is 6.20. The number of amides is 1. The highest BCUT2D eigenvalue weighted by Gasteiger charge is 2.13. The van der Waals surface area contributed by atoms with E-state index in [1.54, 1.807) is 7.11 Å². The number of nitrogens with one attached hydrogen (secondary N) is 1. The molecule has 0 atom stereocenters. The molecule has 0 spiro atoms. The van der Waals surface area contributed by atoms with Crippen LogP contribution in [0.5, 0.6) is 11.5 Å². The van der Waals surface area contributed by atoms with E-state index in [0.29, 0.717) is 16.4 Å². The Labute approximate surface area is 127 Å². The fourth-order valence-electron chi connectivity index (χ4n) is 1.92. The van der Waals surface area contributed by atoms with Gasteiger partial charge in [-0.3, -0.25) is 10.2 Å². The van der Waals surface area contributed by atoms with Crippen LogP contribution in [0.4, 0.5) is 0 Å². The van der Waals surface area contributed by atoms with E-state index in [1.165, 1.54) is 16.9 Å². The van der Waals surface area contributed by atoms with Crippen molar-refractivity contribution in [2.24, 2.45) is 5.84 Å². The van der Waals surface area contributed by atoms with Gasteiger partial charge in [0.25, 0.3) is 5.91 Å². The molecule has 6 heteroatoms. The summed E-state index contributed by atoms with van der Waals surface area (Å²) in [5.41, 5.74) is 4.11. The highest BCUT2D eigenvalue weighted by molar-refractivity contribution is 7.12. The number of carbonyl (C=O) groups excluding carboxylic acids is 1. The van der Waals surface area contributed by atoms with Crippen LogP contribution in [0.2, 0.25) is 0 Å². The molecule has 2 aromatic rings. The van der Waals surface area contributed by atoms with E-state index in [0.717, 1.165) is 12.0 Å². The van der Waals surface area contributed by atoms with Crippen LogP contribution in [0.1, 0.15) is 27.7 Å². The monoisotopic (exact) mass is 306 g/mol. The largest absolute Gasteiger partial charge is 0.493 e. The third kappa shape index (κ3) is 3.53. The van der Waals surface area contributed by atoms with Gasteiger partial charge in [0.15, 0.2) is 11.5 Å². The quantitative estimate of drug-likeness (QED) is 0.488. The van der Waals surface area contributed by atoms with Crippen molar-refractivity contribution in [2.45, 2.75) is 20.0 Å². The molecule has 0 saturated carbocycles. The van der Waals surface area contributed by atoms with Gasteiger partial charge < -0.3 is 9.47 Å². The molecule has 5 nitrogen and oxygen atoms in total. The Morgan fingerprint density at radius 3 is 2.81 bits per heavy atom. The number of hydrogen-bond donors (Lipinski definition) is 2. The zero-order chi connectivity index (χ0) is 15.2. The van der Waals surface area contributed by atoms with Crippen molar-refractivity contribution >= 4 is 17.2 Å². The van der Waals surface area contributed by atoms with Crippen LogP contribution >= 0.6 is 11.3 Å². The number of methoxy groups -OCH3 is 1. The molecule has 1 heterocycles. The molecule has 0 saturated heterocycles. The lowest BCUT2D eigenvalue weighted by atomic mass is 10.1.